The summed E-state index contributed by atoms with van der Waals surface area (Å²) in [5, 5.41) is 0. The van der Waals surface area contributed by atoms with E-state index >= 15 is 0 Å². The van der Waals surface area contributed by atoms with Crippen molar-refractivity contribution in [2.75, 3.05) is 6.61 Å². The number of benzene rings is 6. The highest BCUT2D eigenvalue weighted by Crippen LogP contribution is 2.39. The molecule has 0 saturated carbocycles. The van der Waals surface area contributed by atoms with E-state index in [1.165, 1.54) is 0 Å². The highest BCUT2D eigenvalue weighted by atomic mass is 16.6. The van der Waals surface area contributed by atoms with Gasteiger partial charge in [0.25, 0.3) is 0 Å². The summed E-state index contributed by atoms with van der Waals surface area (Å²) >= 11 is 0. The summed E-state index contributed by atoms with van der Waals surface area (Å²) in [5.41, 5.74) is 7.58. The Morgan fingerprint density at radius 1 is 0.392 bits per heavy atom. The standard InChI is InChI=1S/C46H44O5/c1-6-17-35(18-7-1)30-47-34-42-44(48-31-36-19-8-2-9-20-36)46(50-33-38-23-12-4-13-24-38)45(49-32-37-21-10-3-11-22-37)43(51-42)41-28-16-27-40(29-41)39-25-14-5-15-26-39/h1-29,42-46H,30-34H2/t42-,43+,44-,45+,46+/m1/s1. The first-order valence-electron chi connectivity index (χ1n) is 17.7. The topological polar surface area (TPSA) is 46.2 Å². The molecule has 5 atom stereocenters. The van der Waals surface area contributed by atoms with Crippen molar-refractivity contribution >= 4 is 0 Å². The Morgan fingerprint density at radius 3 is 1.35 bits per heavy atom. The van der Waals surface area contributed by atoms with Gasteiger partial charge in [-0.25, -0.2) is 0 Å². The smallest absolute Gasteiger partial charge is 0.117 e. The Bertz CT molecular complexity index is 1870. The SMILES string of the molecule is c1ccc(COC[C@H]2O[C@@H](c3cccc(-c4ccccc4)c3)[C@H](OCc3ccccc3)[C@@H](OCc3ccccc3)[C@@H]2OCc2ccccc2)cc1. The first-order chi connectivity index (χ1) is 25.3. The molecule has 6 aromatic rings. The van der Waals surface area contributed by atoms with Gasteiger partial charge in [-0.1, -0.05) is 170 Å². The van der Waals surface area contributed by atoms with Crippen LogP contribution in [-0.4, -0.2) is 31.0 Å². The lowest BCUT2D eigenvalue weighted by Gasteiger charge is -2.46. The Morgan fingerprint density at radius 2 is 0.824 bits per heavy atom. The molecule has 5 nitrogen and oxygen atoms in total. The van der Waals surface area contributed by atoms with Gasteiger partial charge in [0.1, 0.15) is 30.5 Å². The summed E-state index contributed by atoms with van der Waals surface area (Å²) in [6, 6.07) is 59.9. The molecule has 0 N–H and O–H groups in total. The van der Waals surface area contributed by atoms with Gasteiger partial charge >= 0.3 is 0 Å². The molecular weight excluding hydrogens is 633 g/mol. The van der Waals surface area contributed by atoms with Crippen molar-refractivity contribution in [1.29, 1.82) is 0 Å². The van der Waals surface area contributed by atoms with Crippen LogP contribution in [0, 0.1) is 0 Å². The van der Waals surface area contributed by atoms with Crippen LogP contribution >= 0.6 is 0 Å². The van der Waals surface area contributed by atoms with Gasteiger partial charge in [0.2, 0.25) is 0 Å². The van der Waals surface area contributed by atoms with Gasteiger partial charge in [0, 0.05) is 0 Å². The summed E-state index contributed by atoms with van der Waals surface area (Å²) in [4.78, 5) is 0. The third-order valence-electron chi connectivity index (χ3n) is 9.21. The van der Waals surface area contributed by atoms with Crippen LogP contribution in [0.5, 0.6) is 0 Å². The van der Waals surface area contributed by atoms with Crippen LogP contribution in [0.1, 0.15) is 33.9 Å². The molecule has 1 aliphatic heterocycles. The number of rotatable bonds is 15. The minimum atomic E-state index is -0.494. The molecule has 0 aromatic heterocycles. The highest BCUT2D eigenvalue weighted by molar-refractivity contribution is 5.64. The van der Waals surface area contributed by atoms with E-state index in [1.807, 2.05) is 78.9 Å². The fraction of sp³-hybridized carbons (Fsp3) is 0.217. The van der Waals surface area contributed by atoms with Crippen molar-refractivity contribution in [3.05, 3.63) is 204 Å². The van der Waals surface area contributed by atoms with Crippen LogP contribution < -0.4 is 0 Å². The van der Waals surface area contributed by atoms with E-state index in [4.69, 9.17) is 23.7 Å². The molecule has 0 amide bonds. The minimum Gasteiger partial charge on any atom is -0.374 e. The summed E-state index contributed by atoms with van der Waals surface area (Å²) < 4.78 is 34.2. The van der Waals surface area contributed by atoms with Crippen molar-refractivity contribution in [3.63, 3.8) is 0 Å². The van der Waals surface area contributed by atoms with Gasteiger partial charge in [-0.05, 0) is 45.0 Å². The molecule has 1 saturated heterocycles. The van der Waals surface area contributed by atoms with Crippen molar-refractivity contribution in [2.45, 2.75) is 56.9 Å². The van der Waals surface area contributed by atoms with Gasteiger partial charge < -0.3 is 23.7 Å². The lowest BCUT2D eigenvalue weighted by atomic mass is 9.89. The largest absolute Gasteiger partial charge is 0.374 e. The maximum Gasteiger partial charge on any atom is 0.117 e. The van der Waals surface area contributed by atoms with Crippen molar-refractivity contribution in [3.8, 4) is 11.1 Å². The third kappa shape index (κ3) is 9.47. The molecule has 0 unspecified atom stereocenters. The zero-order chi connectivity index (χ0) is 34.5. The minimum absolute atomic E-state index is 0.319. The lowest BCUT2D eigenvalue weighted by molar-refractivity contribution is -0.275. The summed E-state index contributed by atoms with van der Waals surface area (Å²) in [5.74, 6) is 0. The van der Waals surface area contributed by atoms with E-state index in [9.17, 15) is 0 Å². The van der Waals surface area contributed by atoms with Crippen LogP contribution in [0.4, 0.5) is 0 Å². The molecule has 258 valence electrons. The quantitative estimate of drug-likeness (QED) is 0.108. The maximum atomic E-state index is 7.13. The first kappa shape index (κ1) is 34.6. The van der Waals surface area contributed by atoms with Gasteiger partial charge in [0.15, 0.2) is 0 Å². The fourth-order valence-electron chi connectivity index (χ4n) is 6.58. The van der Waals surface area contributed by atoms with Gasteiger partial charge in [-0.15, -0.1) is 0 Å². The van der Waals surface area contributed by atoms with E-state index in [0.29, 0.717) is 33.0 Å². The van der Waals surface area contributed by atoms with Crippen molar-refractivity contribution in [1.82, 2.24) is 0 Å². The second-order valence-electron chi connectivity index (χ2n) is 12.9. The monoisotopic (exact) mass is 676 g/mol. The van der Waals surface area contributed by atoms with Crippen LogP contribution in [0.25, 0.3) is 11.1 Å². The molecule has 1 aliphatic rings. The normalized spacial score (nSPS) is 20.2. The third-order valence-corrected chi connectivity index (χ3v) is 9.21. The fourth-order valence-corrected chi connectivity index (χ4v) is 6.58. The van der Waals surface area contributed by atoms with Crippen LogP contribution in [0.3, 0.4) is 0 Å². The Kier molecular flexibility index (Phi) is 12.1. The maximum absolute atomic E-state index is 7.13. The summed E-state index contributed by atoms with van der Waals surface area (Å²) in [6.45, 7) is 1.98. The highest BCUT2D eigenvalue weighted by Gasteiger charge is 2.49. The predicted octanol–water partition coefficient (Wildman–Crippen LogP) is 9.77. The van der Waals surface area contributed by atoms with Crippen molar-refractivity contribution in [2.24, 2.45) is 0 Å². The Labute approximate surface area is 301 Å². The zero-order valence-electron chi connectivity index (χ0n) is 28.7. The summed E-state index contributed by atoms with van der Waals surface area (Å²) in [7, 11) is 0. The molecule has 1 fully saturated rings. The van der Waals surface area contributed by atoms with E-state index in [2.05, 4.69) is 97.1 Å². The van der Waals surface area contributed by atoms with E-state index in [-0.39, 0.29) is 0 Å². The zero-order valence-corrected chi connectivity index (χ0v) is 28.7. The summed E-state index contributed by atoms with van der Waals surface area (Å²) in [6.07, 6.45) is -2.37. The van der Waals surface area contributed by atoms with Crippen molar-refractivity contribution < 1.29 is 23.7 Å². The van der Waals surface area contributed by atoms with E-state index < -0.39 is 30.5 Å². The van der Waals surface area contributed by atoms with E-state index in [0.717, 1.165) is 38.9 Å². The molecule has 0 aliphatic carbocycles. The first-order valence-corrected chi connectivity index (χ1v) is 17.7. The van der Waals surface area contributed by atoms with Crippen LogP contribution in [0.15, 0.2) is 176 Å². The van der Waals surface area contributed by atoms with Gasteiger partial charge in [-0.3, -0.25) is 0 Å². The average Bonchev–Trinajstić information content (AvgIpc) is 3.21. The lowest BCUT2D eigenvalue weighted by Crippen LogP contribution is -2.58. The Hall–Kier alpha value is -4.88. The predicted molar refractivity (Wildman–Crippen MR) is 201 cm³/mol. The number of ether oxygens (including phenoxy) is 5. The van der Waals surface area contributed by atoms with Gasteiger partial charge in [-0.2, -0.15) is 0 Å². The van der Waals surface area contributed by atoms with Gasteiger partial charge in [0.05, 0.1) is 33.0 Å². The molecule has 1 heterocycles. The molecule has 0 radical (unpaired) electrons. The molecule has 51 heavy (non-hydrogen) atoms. The number of hydrogen-bond acceptors (Lipinski definition) is 5. The molecular formula is C46H44O5. The average molecular weight is 677 g/mol. The second kappa shape index (κ2) is 17.9. The number of hydrogen-bond donors (Lipinski definition) is 0. The molecule has 0 bridgehead atoms. The molecule has 7 rings (SSSR count). The van der Waals surface area contributed by atoms with Crippen LogP contribution in [-0.2, 0) is 50.1 Å². The molecule has 5 heteroatoms. The van der Waals surface area contributed by atoms with E-state index in [1.54, 1.807) is 0 Å². The van der Waals surface area contributed by atoms with Crippen LogP contribution in [0.2, 0.25) is 0 Å². The second-order valence-corrected chi connectivity index (χ2v) is 12.9. The molecule has 6 aromatic carbocycles. The molecule has 0 spiro atoms. The Balaban J connectivity index is 1.26.